The third kappa shape index (κ3) is 12.8. The molecule has 0 saturated carbocycles. The van der Waals surface area contributed by atoms with E-state index in [9.17, 15) is 30.0 Å². The zero-order valence-corrected chi connectivity index (χ0v) is 21.6. The van der Waals surface area contributed by atoms with Crippen LogP contribution in [-0.4, -0.2) is 100 Å². The van der Waals surface area contributed by atoms with Crippen molar-refractivity contribution in [2.45, 2.75) is 121 Å². The Morgan fingerprint density at radius 3 is 2.00 bits per heavy atom. The summed E-state index contributed by atoms with van der Waals surface area (Å²) in [5.74, 6) is -0.909. The van der Waals surface area contributed by atoms with Gasteiger partial charge in [0.15, 0.2) is 6.29 Å². The quantitative estimate of drug-likeness (QED) is 0.110. The molecule has 1 rings (SSSR count). The summed E-state index contributed by atoms with van der Waals surface area (Å²) >= 11 is 0. The number of rotatable bonds is 20. The van der Waals surface area contributed by atoms with Crippen molar-refractivity contribution in [2.24, 2.45) is 0 Å². The number of carbonyl (C=O) groups is 2. The van der Waals surface area contributed by atoms with Crippen LogP contribution in [0.5, 0.6) is 0 Å². The van der Waals surface area contributed by atoms with Crippen LogP contribution in [0.4, 0.5) is 0 Å². The summed E-state index contributed by atoms with van der Waals surface area (Å²) in [6.07, 6.45) is 5.69. The van der Waals surface area contributed by atoms with Crippen molar-refractivity contribution in [2.75, 3.05) is 26.4 Å². The topological polar surface area (TPSA) is 178 Å². The van der Waals surface area contributed by atoms with E-state index < -0.39 is 49.3 Å². The average Bonchev–Trinajstić information content (AvgIpc) is 2.87. The second-order valence-electron chi connectivity index (χ2n) is 9.45. The second-order valence-corrected chi connectivity index (χ2v) is 9.45. The first-order chi connectivity index (χ1) is 17.3. The van der Waals surface area contributed by atoms with E-state index in [0.29, 0.717) is 6.42 Å². The molecule has 11 nitrogen and oxygen atoms in total. The maximum absolute atomic E-state index is 12.4. The van der Waals surface area contributed by atoms with Gasteiger partial charge in [0.25, 0.3) is 0 Å². The maximum Gasteiger partial charge on any atom is 0.245 e. The molecule has 1 heterocycles. The molecule has 0 aromatic carbocycles. The first-order valence-corrected chi connectivity index (χ1v) is 13.5. The minimum absolute atomic E-state index is 0.0101. The highest BCUT2D eigenvalue weighted by molar-refractivity contribution is 5.87. The van der Waals surface area contributed by atoms with Gasteiger partial charge in [-0.2, -0.15) is 0 Å². The number of aliphatic hydroxyl groups is 5. The van der Waals surface area contributed by atoms with Gasteiger partial charge in [0.05, 0.1) is 19.8 Å². The highest BCUT2D eigenvalue weighted by atomic mass is 16.7. The van der Waals surface area contributed by atoms with Gasteiger partial charge >= 0.3 is 0 Å². The lowest BCUT2D eigenvalue weighted by Gasteiger charge is -2.39. The molecule has 1 fully saturated rings. The van der Waals surface area contributed by atoms with Crippen LogP contribution in [0.15, 0.2) is 0 Å². The van der Waals surface area contributed by atoms with Crippen molar-refractivity contribution in [1.82, 2.24) is 10.6 Å². The Labute approximate surface area is 214 Å². The van der Waals surface area contributed by atoms with Crippen molar-refractivity contribution >= 4 is 11.8 Å². The summed E-state index contributed by atoms with van der Waals surface area (Å²) in [6.45, 7) is 0.929. The van der Waals surface area contributed by atoms with Gasteiger partial charge < -0.3 is 45.6 Å². The Morgan fingerprint density at radius 2 is 1.44 bits per heavy atom. The molecule has 0 spiro atoms. The Hall–Kier alpha value is -1.34. The minimum Gasteiger partial charge on any atom is -0.395 e. The second kappa shape index (κ2) is 19.7. The Kier molecular flexibility index (Phi) is 17.9. The van der Waals surface area contributed by atoms with Crippen LogP contribution < -0.4 is 10.6 Å². The van der Waals surface area contributed by atoms with E-state index in [4.69, 9.17) is 14.6 Å². The summed E-state index contributed by atoms with van der Waals surface area (Å²) in [5, 5.41) is 53.2. The van der Waals surface area contributed by atoms with E-state index in [1.165, 1.54) is 44.9 Å². The smallest absolute Gasteiger partial charge is 0.245 e. The fourth-order valence-electron chi connectivity index (χ4n) is 4.10. The molecule has 0 aliphatic carbocycles. The van der Waals surface area contributed by atoms with Crippen LogP contribution in [0.2, 0.25) is 0 Å². The van der Waals surface area contributed by atoms with E-state index in [2.05, 4.69) is 17.6 Å². The molecule has 0 bridgehead atoms. The number of ether oxygens (including phenoxy) is 2. The number of amides is 2. The molecule has 0 radical (unpaired) electrons. The summed E-state index contributed by atoms with van der Waals surface area (Å²) in [4.78, 5) is 24.9. The zero-order valence-electron chi connectivity index (χ0n) is 21.6. The lowest BCUT2D eigenvalue weighted by atomic mass is 9.99. The summed E-state index contributed by atoms with van der Waals surface area (Å²) in [6, 6.07) is -1.12. The largest absolute Gasteiger partial charge is 0.395 e. The fraction of sp³-hybridized carbons (Fsp3) is 0.920. The van der Waals surface area contributed by atoms with Gasteiger partial charge in [0, 0.05) is 13.0 Å². The van der Waals surface area contributed by atoms with Crippen molar-refractivity contribution in [3.05, 3.63) is 0 Å². The molecule has 6 atom stereocenters. The molecule has 2 amide bonds. The molecule has 11 heteroatoms. The van der Waals surface area contributed by atoms with Crippen molar-refractivity contribution < 1.29 is 44.6 Å². The number of aliphatic hydroxyl groups excluding tert-OH is 5. The van der Waals surface area contributed by atoms with Gasteiger partial charge in [0.2, 0.25) is 11.8 Å². The minimum atomic E-state index is -1.61. The summed E-state index contributed by atoms with van der Waals surface area (Å²) < 4.78 is 10.7. The normalized spacial score (nSPS) is 24.9. The van der Waals surface area contributed by atoms with Gasteiger partial charge in [-0.25, -0.2) is 0 Å². The SMILES string of the molecule is CCCCCCCCCCCCCC(=O)NC(CO[C@@H]1O[C@H](CO)[C@H](O)[C@H](O)[C@H]1O)C(=O)NCCO. The number of hydrogen-bond donors (Lipinski definition) is 7. The molecule has 1 unspecified atom stereocenters. The van der Waals surface area contributed by atoms with Gasteiger partial charge in [-0.3, -0.25) is 9.59 Å². The van der Waals surface area contributed by atoms with Crippen LogP contribution in [0, 0.1) is 0 Å². The number of unbranched alkanes of at least 4 members (excludes halogenated alkanes) is 10. The van der Waals surface area contributed by atoms with Crippen LogP contribution in [-0.2, 0) is 19.1 Å². The molecule has 1 saturated heterocycles. The van der Waals surface area contributed by atoms with Gasteiger partial charge in [0.1, 0.15) is 30.5 Å². The maximum atomic E-state index is 12.4. The Morgan fingerprint density at radius 1 is 0.861 bits per heavy atom. The number of hydrogen-bond acceptors (Lipinski definition) is 9. The van der Waals surface area contributed by atoms with Crippen LogP contribution in [0.25, 0.3) is 0 Å². The van der Waals surface area contributed by atoms with E-state index >= 15 is 0 Å². The van der Waals surface area contributed by atoms with Gasteiger partial charge in [-0.05, 0) is 6.42 Å². The molecule has 212 valence electrons. The molecular weight excluding hydrogens is 472 g/mol. The molecule has 1 aliphatic rings. The third-order valence-electron chi connectivity index (χ3n) is 6.35. The Balaban J connectivity index is 2.39. The zero-order chi connectivity index (χ0) is 26.8. The van der Waals surface area contributed by atoms with Gasteiger partial charge in [-0.1, -0.05) is 71.1 Å². The van der Waals surface area contributed by atoms with Crippen LogP contribution in [0.3, 0.4) is 0 Å². The van der Waals surface area contributed by atoms with Crippen LogP contribution in [0.1, 0.15) is 84.0 Å². The molecular formula is C25H48N2O9. The first kappa shape index (κ1) is 32.7. The molecule has 36 heavy (non-hydrogen) atoms. The van der Waals surface area contributed by atoms with E-state index in [1.54, 1.807) is 0 Å². The summed E-state index contributed by atoms with van der Waals surface area (Å²) in [5.41, 5.74) is 0. The van der Waals surface area contributed by atoms with E-state index in [-0.39, 0.29) is 32.1 Å². The Bertz CT molecular complexity index is 594. The lowest BCUT2D eigenvalue weighted by molar-refractivity contribution is -0.301. The van der Waals surface area contributed by atoms with Crippen molar-refractivity contribution in [3.63, 3.8) is 0 Å². The third-order valence-corrected chi connectivity index (χ3v) is 6.35. The predicted octanol–water partition coefficient (Wildman–Crippen LogP) is 0.0973. The number of carbonyl (C=O) groups excluding carboxylic acids is 2. The van der Waals surface area contributed by atoms with Crippen LogP contribution >= 0.6 is 0 Å². The van der Waals surface area contributed by atoms with Gasteiger partial charge in [-0.15, -0.1) is 0 Å². The highest BCUT2D eigenvalue weighted by Crippen LogP contribution is 2.22. The average molecular weight is 521 g/mol. The summed E-state index contributed by atoms with van der Waals surface area (Å²) in [7, 11) is 0. The lowest BCUT2D eigenvalue weighted by Crippen LogP contribution is -2.60. The monoisotopic (exact) mass is 520 g/mol. The predicted molar refractivity (Wildman–Crippen MR) is 133 cm³/mol. The molecule has 0 aromatic rings. The highest BCUT2D eigenvalue weighted by Gasteiger charge is 2.44. The molecule has 7 N–H and O–H groups in total. The fourth-order valence-corrected chi connectivity index (χ4v) is 4.10. The van der Waals surface area contributed by atoms with Crippen molar-refractivity contribution in [1.29, 1.82) is 0 Å². The van der Waals surface area contributed by atoms with Crippen molar-refractivity contribution in [3.8, 4) is 0 Å². The molecule has 1 aliphatic heterocycles. The van der Waals surface area contributed by atoms with E-state index in [0.717, 1.165) is 19.3 Å². The standard InChI is InChI=1S/C25H48N2O9/c1-2-3-4-5-6-7-8-9-10-11-12-13-20(30)27-18(24(34)26-14-15-28)17-35-25-23(33)22(32)21(31)19(16-29)36-25/h18-19,21-23,25,28-29,31-33H,2-17H2,1H3,(H,26,34)(H,27,30)/t18?,19-,21+,22+,23-,25-/m1/s1. The first-order valence-electron chi connectivity index (χ1n) is 13.5. The van der Waals surface area contributed by atoms with E-state index in [1.807, 2.05) is 0 Å². The molecule has 0 aromatic heterocycles. The number of nitrogens with one attached hydrogen (secondary N) is 2.